The predicted octanol–water partition coefficient (Wildman–Crippen LogP) is 7.02. The first-order chi connectivity index (χ1) is 18.1. The number of allylic oxidation sites excluding steroid dienone is 2. The lowest BCUT2D eigenvalue weighted by molar-refractivity contribution is -0.725. The van der Waals surface area contributed by atoms with Crippen LogP contribution in [0.5, 0.6) is 0 Å². The Labute approximate surface area is 236 Å². The second-order valence-corrected chi connectivity index (χ2v) is 15.2. The molecule has 0 aromatic carbocycles. The van der Waals surface area contributed by atoms with Crippen molar-refractivity contribution in [3.8, 4) is 0 Å². The minimum Gasteiger partial charge on any atom is -0.390 e. The van der Waals surface area contributed by atoms with E-state index in [4.69, 9.17) is 17.5 Å². The van der Waals surface area contributed by atoms with Gasteiger partial charge in [-0.05, 0) is 99.2 Å². The molecule has 39 heavy (non-hydrogen) atoms. The summed E-state index contributed by atoms with van der Waals surface area (Å²) in [6.45, 7) is 11.8. The van der Waals surface area contributed by atoms with Gasteiger partial charge in [0.05, 0.1) is 5.60 Å². The van der Waals surface area contributed by atoms with Gasteiger partial charge in [-0.2, -0.15) is 8.42 Å². The standard InChI is InChI=1S/C32H50NO.H2O4S/c1-23(10-9-17-30(2,3)34)27-13-14-28-26-12-11-24-22-25(33-20-7-6-8-21-33)15-18-31(24,4)29(26)16-19-32(27,28)5;1-5(2,3)4/h6-8,11,20-21,23,25-29,34H,9-10,12-19,22H2,1-5H3;(H2,1,2,3,4)/q+1;/t23-,25+,26+,27-,28+,29+,31+,32-;/m1./s1. The molecule has 0 unspecified atom stereocenters. The summed E-state index contributed by atoms with van der Waals surface area (Å²) < 4.78 is 34.0. The molecule has 3 saturated carbocycles. The van der Waals surface area contributed by atoms with Crippen molar-refractivity contribution in [2.75, 3.05) is 0 Å². The summed E-state index contributed by atoms with van der Waals surface area (Å²) in [6, 6.07) is 7.15. The molecule has 0 amide bonds. The summed E-state index contributed by atoms with van der Waals surface area (Å²) >= 11 is 0. The number of aromatic nitrogens is 1. The van der Waals surface area contributed by atoms with Crippen LogP contribution in [-0.2, 0) is 10.4 Å². The minimum absolute atomic E-state index is 0.437. The maximum atomic E-state index is 10.2. The number of hydrogen-bond acceptors (Lipinski definition) is 3. The highest BCUT2D eigenvalue weighted by Crippen LogP contribution is 2.67. The van der Waals surface area contributed by atoms with E-state index in [9.17, 15) is 5.11 Å². The number of nitrogens with zero attached hydrogens (tertiary/aromatic N) is 1. The van der Waals surface area contributed by atoms with Crippen molar-refractivity contribution < 1.29 is 27.2 Å². The third-order valence-corrected chi connectivity index (χ3v) is 11.4. The van der Waals surface area contributed by atoms with Crippen molar-refractivity contribution in [2.24, 2.45) is 40.4 Å². The second-order valence-electron chi connectivity index (χ2n) is 14.3. The molecule has 3 fully saturated rings. The molecule has 0 aliphatic heterocycles. The first kappa shape index (κ1) is 30.7. The fraction of sp³-hybridized carbons (Fsp3) is 0.781. The maximum absolute atomic E-state index is 10.2. The number of hydrogen-bond donors (Lipinski definition) is 3. The molecule has 0 spiro atoms. The highest BCUT2D eigenvalue weighted by atomic mass is 32.3. The predicted molar refractivity (Wildman–Crippen MR) is 154 cm³/mol. The van der Waals surface area contributed by atoms with Crippen LogP contribution >= 0.6 is 0 Å². The fourth-order valence-electron chi connectivity index (χ4n) is 9.58. The molecule has 1 aromatic heterocycles. The Kier molecular flexibility index (Phi) is 9.08. The van der Waals surface area contributed by atoms with Gasteiger partial charge in [-0.3, -0.25) is 9.11 Å². The Morgan fingerprint density at radius 2 is 1.69 bits per heavy atom. The summed E-state index contributed by atoms with van der Waals surface area (Å²) in [5, 5.41) is 10.2. The number of aliphatic hydroxyl groups is 1. The van der Waals surface area contributed by atoms with Crippen molar-refractivity contribution in [3.05, 3.63) is 42.2 Å². The van der Waals surface area contributed by atoms with Gasteiger partial charge in [0.15, 0.2) is 18.4 Å². The molecule has 6 nitrogen and oxygen atoms in total. The normalized spacial score (nSPS) is 36.9. The average Bonchev–Trinajstić information content (AvgIpc) is 3.19. The van der Waals surface area contributed by atoms with Crippen LogP contribution in [0.1, 0.15) is 111 Å². The van der Waals surface area contributed by atoms with E-state index in [1.54, 1.807) is 5.57 Å². The van der Waals surface area contributed by atoms with Gasteiger partial charge in [-0.25, -0.2) is 4.57 Å². The average molecular weight is 563 g/mol. The topological polar surface area (TPSA) is 98.7 Å². The number of rotatable bonds is 6. The van der Waals surface area contributed by atoms with Crippen LogP contribution in [0.4, 0.5) is 0 Å². The van der Waals surface area contributed by atoms with Gasteiger partial charge in [-0.1, -0.05) is 51.3 Å². The van der Waals surface area contributed by atoms with E-state index in [0.29, 0.717) is 16.9 Å². The zero-order valence-corrected chi connectivity index (χ0v) is 25.5. The van der Waals surface area contributed by atoms with Gasteiger partial charge < -0.3 is 5.11 Å². The molecule has 220 valence electrons. The Bertz CT molecular complexity index is 1110. The van der Waals surface area contributed by atoms with Gasteiger partial charge in [0.1, 0.15) is 0 Å². The molecule has 0 saturated heterocycles. The lowest BCUT2D eigenvalue weighted by atomic mass is 9.47. The molecule has 0 bridgehead atoms. The van der Waals surface area contributed by atoms with E-state index in [1.165, 1.54) is 64.2 Å². The monoisotopic (exact) mass is 562 g/mol. The van der Waals surface area contributed by atoms with Gasteiger partial charge in [0.25, 0.3) is 0 Å². The first-order valence-corrected chi connectivity index (χ1v) is 16.6. The van der Waals surface area contributed by atoms with E-state index in [2.05, 4.69) is 62.0 Å². The van der Waals surface area contributed by atoms with Gasteiger partial charge in [-0.15, -0.1) is 0 Å². The van der Waals surface area contributed by atoms with E-state index in [1.807, 2.05) is 13.8 Å². The largest absolute Gasteiger partial charge is 0.394 e. The van der Waals surface area contributed by atoms with E-state index < -0.39 is 16.0 Å². The molecule has 0 radical (unpaired) electrons. The molecule has 1 aromatic rings. The molecule has 5 rings (SSSR count). The third kappa shape index (κ3) is 6.97. The first-order valence-electron chi connectivity index (χ1n) is 15.2. The zero-order chi connectivity index (χ0) is 28.6. The minimum atomic E-state index is -4.67. The van der Waals surface area contributed by atoms with Crippen LogP contribution in [0, 0.1) is 40.4 Å². The highest BCUT2D eigenvalue weighted by molar-refractivity contribution is 7.79. The molecular weight excluding hydrogens is 510 g/mol. The maximum Gasteiger partial charge on any atom is 0.394 e. The van der Waals surface area contributed by atoms with E-state index in [0.717, 1.165) is 36.0 Å². The molecule has 4 aliphatic rings. The third-order valence-electron chi connectivity index (χ3n) is 11.4. The lowest BCUT2D eigenvalue weighted by Crippen LogP contribution is -2.52. The van der Waals surface area contributed by atoms with Crippen LogP contribution in [-0.4, -0.2) is 28.2 Å². The van der Waals surface area contributed by atoms with Crippen LogP contribution in [0.3, 0.4) is 0 Å². The Balaban J connectivity index is 0.000000648. The SMILES string of the molecule is C[C@H](CCCC(C)(C)O)[C@H]1CC[C@H]2[C@@H]3CC=C4C[C@@H]([n+]5ccccc5)CC[C@]4(C)[C@H]3CC[C@]12C.O=S(=O)(O)O. The summed E-state index contributed by atoms with van der Waals surface area (Å²) in [4.78, 5) is 0. The van der Waals surface area contributed by atoms with Gasteiger partial charge in [0.2, 0.25) is 0 Å². The summed E-state index contributed by atoms with van der Waals surface area (Å²) in [5.41, 5.74) is 2.25. The van der Waals surface area contributed by atoms with Gasteiger partial charge in [0, 0.05) is 25.0 Å². The van der Waals surface area contributed by atoms with Crippen molar-refractivity contribution >= 4 is 10.4 Å². The Hall–Kier alpha value is -1.28. The number of fused-ring (bicyclic) bond motifs is 5. The lowest BCUT2D eigenvalue weighted by Gasteiger charge is -2.58. The zero-order valence-electron chi connectivity index (χ0n) is 24.7. The van der Waals surface area contributed by atoms with Crippen LogP contribution in [0.15, 0.2) is 42.2 Å². The van der Waals surface area contributed by atoms with Gasteiger partial charge >= 0.3 is 10.4 Å². The van der Waals surface area contributed by atoms with Crippen LogP contribution in [0.2, 0.25) is 0 Å². The quantitative estimate of drug-likeness (QED) is 0.197. The van der Waals surface area contributed by atoms with Crippen LogP contribution in [0.25, 0.3) is 0 Å². The molecular formula is C32H52NO5S+. The number of pyridine rings is 1. The van der Waals surface area contributed by atoms with Crippen molar-refractivity contribution in [1.29, 1.82) is 0 Å². The molecule has 1 heterocycles. The second kappa shape index (κ2) is 11.5. The summed E-state index contributed by atoms with van der Waals surface area (Å²) in [6.07, 6.45) is 21.7. The van der Waals surface area contributed by atoms with Crippen molar-refractivity contribution in [3.63, 3.8) is 0 Å². The van der Waals surface area contributed by atoms with E-state index in [-0.39, 0.29) is 0 Å². The molecule has 7 heteroatoms. The fourth-order valence-corrected chi connectivity index (χ4v) is 9.58. The Morgan fingerprint density at radius 1 is 1.03 bits per heavy atom. The van der Waals surface area contributed by atoms with Crippen molar-refractivity contribution in [2.45, 2.75) is 117 Å². The van der Waals surface area contributed by atoms with E-state index >= 15 is 0 Å². The summed E-state index contributed by atoms with van der Waals surface area (Å²) in [5.74, 6) is 4.39. The van der Waals surface area contributed by atoms with Crippen molar-refractivity contribution in [1.82, 2.24) is 0 Å². The highest BCUT2D eigenvalue weighted by Gasteiger charge is 2.59. The van der Waals surface area contributed by atoms with Crippen LogP contribution < -0.4 is 4.57 Å². The smallest absolute Gasteiger partial charge is 0.390 e. The molecule has 8 atom stereocenters. The molecule has 4 aliphatic carbocycles. The Morgan fingerprint density at radius 3 is 2.33 bits per heavy atom. The summed E-state index contributed by atoms with van der Waals surface area (Å²) in [7, 11) is -4.67. The molecule has 3 N–H and O–H groups in total.